The van der Waals surface area contributed by atoms with Crippen molar-refractivity contribution in [2.75, 3.05) is 13.1 Å². The Morgan fingerprint density at radius 2 is 2.24 bits per heavy atom. The van der Waals surface area contributed by atoms with Crippen LogP contribution in [0.3, 0.4) is 0 Å². The van der Waals surface area contributed by atoms with Gasteiger partial charge in [-0.05, 0) is 24.4 Å². The van der Waals surface area contributed by atoms with E-state index in [9.17, 15) is 4.79 Å². The van der Waals surface area contributed by atoms with Crippen molar-refractivity contribution in [2.45, 2.75) is 19.8 Å². The predicted molar refractivity (Wildman–Crippen MR) is 69.9 cm³/mol. The summed E-state index contributed by atoms with van der Waals surface area (Å²) in [6.45, 7) is 3.40. The molecule has 2 heterocycles. The lowest BCUT2D eigenvalue weighted by Gasteiger charge is -2.38. The summed E-state index contributed by atoms with van der Waals surface area (Å²) in [6, 6.07) is 0. The molecule has 0 unspecified atom stereocenters. The van der Waals surface area contributed by atoms with Gasteiger partial charge in [-0.25, -0.2) is 0 Å². The lowest BCUT2D eigenvalue weighted by Crippen LogP contribution is -2.46. The van der Waals surface area contributed by atoms with Gasteiger partial charge in [-0.2, -0.15) is 0 Å². The Labute approximate surface area is 109 Å². The Morgan fingerprint density at radius 1 is 1.59 bits per heavy atom. The maximum Gasteiger partial charge on any atom is 0.275 e. The number of nitrogens with zero attached hydrogens (tertiary/aromatic N) is 3. The van der Waals surface area contributed by atoms with Gasteiger partial charge in [0.2, 0.25) is 0 Å². The van der Waals surface area contributed by atoms with E-state index in [-0.39, 0.29) is 11.3 Å². The molecular weight excluding hydrogens is 256 g/mol. The molecule has 5 nitrogen and oxygen atoms in total. The average Bonchev–Trinajstić information content (AvgIpc) is 2.82. The second-order valence-electron chi connectivity index (χ2n) is 4.51. The van der Waals surface area contributed by atoms with E-state index in [2.05, 4.69) is 16.5 Å². The number of nitrogens with two attached hydrogens (primary N) is 1. The van der Waals surface area contributed by atoms with Crippen LogP contribution >= 0.6 is 23.8 Å². The molecule has 1 saturated heterocycles. The van der Waals surface area contributed by atoms with Crippen LogP contribution in [0, 0.1) is 5.41 Å². The van der Waals surface area contributed by atoms with E-state index in [1.165, 1.54) is 11.5 Å². The quantitative estimate of drug-likeness (QED) is 0.814. The molecule has 1 aliphatic heterocycles. The summed E-state index contributed by atoms with van der Waals surface area (Å²) in [7, 11) is 0. The van der Waals surface area contributed by atoms with Crippen molar-refractivity contribution in [3.05, 3.63) is 11.1 Å². The van der Waals surface area contributed by atoms with Crippen LogP contribution in [-0.4, -0.2) is 38.5 Å². The summed E-state index contributed by atoms with van der Waals surface area (Å²) in [5.41, 5.74) is 6.03. The molecule has 92 valence electrons. The number of carbonyl (C=O) groups excluding carboxylic acids is 1. The van der Waals surface area contributed by atoms with Crippen molar-refractivity contribution in [3.8, 4) is 0 Å². The fraction of sp³-hybridized carbons (Fsp3) is 0.600. The molecule has 1 aromatic heterocycles. The second kappa shape index (κ2) is 4.66. The highest BCUT2D eigenvalue weighted by Gasteiger charge is 2.34. The number of rotatable bonds is 2. The van der Waals surface area contributed by atoms with Crippen LogP contribution in [0.2, 0.25) is 0 Å². The zero-order valence-corrected chi connectivity index (χ0v) is 11.2. The fourth-order valence-corrected chi connectivity index (χ4v) is 2.50. The summed E-state index contributed by atoms with van der Waals surface area (Å²) in [5, 5.41) is 5.46. The van der Waals surface area contributed by atoms with Gasteiger partial charge in [-0.3, -0.25) is 4.79 Å². The van der Waals surface area contributed by atoms with Crippen LogP contribution in [-0.2, 0) is 0 Å². The van der Waals surface area contributed by atoms with E-state index in [0.29, 0.717) is 23.8 Å². The van der Waals surface area contributed by atoms with Gasteiger partial charge in [0.25, 0.3) is 5.91 Å². The van der Waals surface area contributed by atoms with Crippen LogP contribution in [0.5, 0.6) is 0 Å². The van der Waals surface area contributed by atoms with Gasteiger partial charge in [0.05, 0.1) is 4.99 Å². The third kappa shape index (κ3) is 2.44. The van der Waals surface area contributed by atoms with Crippen LogP contribution in [0.15, 0.2) is 5.38 Å². The number of likely N-dealkylation sites (tertiary alicyclic amines) is 1. The minimum absolute atomic E-state index is 0.0521. The van der Waals surface area contributed by atoms with Gasteiger partial charge in [0.1, 0.15) is 0 Å². The second-order valence-corrected chi connectivity index (χ2v) is 5.56. The highest BCUT2D eigenvalue weighted by atomic mass is 32.1. The molecule has 2 N–H and O–H groups in total. The van der Waals surface area contributed by atoms with Crippen molar-refractivity contribution in [2.24, 2.45) is 11.1 Å². The van der Waals surface area contributed by atoms with Gasteiger partial charge in [0, 0.05) is 23.9 Å². The summed E-state index contributed by atoms with van der Waals surface area (Å²) in [6.07, 6.45) is 1.62. The van der Waals surface area contributed by atoms with Gasteiger partial charge < -0.3 is 10.6 Å². The Kier molecular flexibility index (Phi) is 3.39. The lowest BCUT2D eigenvalue weighted by molar-refractivity contribution is 0.0664. The van der Waals surface area contributed by atoms with E-state index in [4.69, 9.17) is 18.0 Å². The predicted octanol–water partition coefficient (Wildman–Crippen LogP) is 1.07. The molecule has 2 rings (SSSR count). The fourth-order valence-electron chi connectivity index (χ4n) is 1.87. The highest BCUT2D eigenvalue weighted by molar-refractivity contribution is 7.80. The Balaban J connectivity index is 2.00. The molecular formula is C10H14N4OS2. The van der Waals surface area contributed by atoms with Crippen LogP contribution in [0.25, 0.3) is 0 Å². The zero-order chi connectivity index (χ0) is 12.5. The van der Waals surface area contributed by atoms with Crippen molar-refractivity contribution in [3.63, 3.8) is 0 Å². The summed E-state index contributed by atoms with van der Waals surface area (Å²) in [5.74, 6) is -0.0521. The topological polar surface area (TPSA) is 72.1 Å². The number of amides is 1. The van der Waals surface area contributed by atoms with E-state index >= 15 is 0 Å². The minimum Gasteiger partial charge on any atom is -0.393 e. The molecule has 0 atom stereocenters. The largest absolute Gasteiger partial charge is 0.393 e. The third-order valence-electron chi connectivity index (χ3n) is 3.33. The minimum atomic E-state index is -0.119. The van der Waals surface area contributed by atoms with Crippen molar-refractivity contribution < 1.29 is 4.79 Å². The van der Waals surface area contributed by atoms with E-state index in [0.717, 1.165) is 12.8 Å². The Hall–Kier alpha value is -1.08. The summed E-state index contributed by atoms with van der Waals surface area (Å²) >= 11 is 6.25. The molecule has 0 saturated carbocycles. The Morgan fingerprint density at radius 3 is 2.71 bits per heavy atom. The number of hydrogen-bond donors (Lipinski definition) is 1. The maximum atomic E-state index is 12.0. The van der Waals surface area contributed by atoms with E-state index < -0.39 is 0 Å². The molecule has 0 radical (unpaired) electrons. The molecule has 0 spiro atoms. The maximum absolute atomic E-state index is 12.0. The zero-order valence-electron chi connectivity index (χ0n) is 9.55. The molecule has 1 aromatic rings. The molecule has 0 aliphatic carbocycles. The number of piperidine rings is 1. The first-order chi connectivity index (χ1) is 8.03. The van der Waals surface area contributed by atoms with Crippen molar-refractivity contribution >= 4 is 34.6 Å². The number of hydrogen-bond acceptors (Lipinski definition) is 5. The Bertz CT molecular complexity index is 424. The lowest BCUT2D eigenvalue weighted by atomic mass is 9.80. The smallest absolute Gasteiger partial charge is 0.275 e. The van der Waals surface area contributed by atoms with Gasteiger partial charge in [-0.1, -0.05) is 23.6 Å². The van der Waals surface area contributed by atoms with Gasteiger partial charge >= 0.3 is 0 Å². The van der Waals surface area contributed by atoms with Gasteiger partial charge in [-0.15, -0.1) is 5.10 Å². The average molecular weight is 270 g/mol. The van der Waals surface area contributed by atoms with Gasteiger partial charge in [0.15, 0.2) is 5.69 Å². The molecule has 0 aromatic carbocycles. The SMILES string of the molecule is CC1(C(N)=S)CCN(C(=O)c2csnn2)CC1. The number of carbonyl (C=O) groups is 1. The monoisotopic (exact) mass is 270 g/mol. The summed E-state index contributed by atoms with van der Waals surface area (Å²) in [4.78, 5) is 14.3. The summed E-state index contributed by atoms with van der Waals surface area (Å²) < 4.78 is 3.70. The first kappa shape index (κ1) is 12.4. The molecule has 1 amide bonds. The molecule has 1 fully saturated rings. The molecule has 0 bridgehead atoms. The first-order valence-electron chi connectivity index (χ1n) is 5.39. The number of aromatic nitrogens is 2. The highest BCUT2D eigenvalue weighted by Crippen LogP contribution is 2.31. The standard InChI is InChI=1S/C10H14N4OS2/c1-10(9(11)16)2-4-14(5-3-10)8(15)7-6-17-13-12-7/h6H,2-5H2,1H3,(H2,11,16). The molecule has 1 aliphatic rings. The third-order valence-corrected chi connectivity index (χ3v) is 4.33. The number of thiocarbonyl (C=S) groups is 1. The van der Waals surface area contributed by atoms with Crippen molar-refractivity contribution in [1.29, 1.82) is 0 Å². The normalized spacial score (nSPS) is 19.0. The molecule has 17 heavy (non-hydrogen) atoms. The van der Waals surface area contributed by atoms with Crippen LogP contribution in [0.1, 0.15) is 30.3 Å². The first-order valence-corrected chi connectivity index (χ1v) is 6.64. The van der Waals surface area contributed by atoms with Crippen LogP contribution < -0.4 is 5.73 Å². The van der Waals surface area contributed by atoms with E-state index in [1.54, 1.807) is 10.3 Å². The van der Waals surface area contributed by atoms with E-state index in [1.807, 2.05) is 0 Å². The van der Waals surface area contributed by atoms with Crippen molar-refractivity contribution in [1.82, 2.24) is 14.5 Å². The molecule has 7 heteroatoms. The van der Waals surface area contributed by atoms with Crippen LogP contribution in [0.4, 0.5) is 0 Å².